The fourth-order valence-corrected chi connectivity index (χ4v) is 1.77. The van der Waals surface area contributed by atoms with Gasteiger partial charge in [0, 0.05) is 0 Å². The highest BCUT2D eigenvalue weighted by molar-refractivity contribution is 5.88. The highest BCUT2D eigenvalue weighted by atomic mass is 19.4. The Morgan fingerprint density at radius 3 is 2.60 bits per heavy atom. The second kappa shape index (κ2) is 4.95. The summed E-state index contributed by atoms with van der Waals surface area (Å²) in [5, 5.41) is 12.2. The van der Waals surface area contributed by atoms with E-state index in [2.05, 4.69) is 5.10 Å². The third-order valence-electron chi connectivity index (χ3n) is 2.56. The average molecular weight is 288 g/mol. The molecule has 4 nitrogen and oxygen atoms in total. The van der Waals surface area contributed by atoms with Crippen LogP contribution in [0.25, 0.3) is 0 Å². The molecule has 0 bridgehead atoms. The van der Waals surface area contributed by atoms with E-state index in [0.29, 0.717) is 10.9 Å². The zero-order valence-corrected chi connectivity index (χ0v) is 9.86. The molecule has 2 rings (SSSR count). The van der Waals surface area contributed by atoms with Crippen LogP contribution in [0.3, 0.4) is 0 Å². The Labute approximate surface area is 110 Å². The summed E-state index contributed by atoms with van der Waals surface area (Å²) in [5.74, 6) is -2.32. The van der Waals surface area contributed by atoms with Crippen molar-refractivity contribution in [3.8, 4) is 0 Å². The number of carboxylic acids is 1. The van der Waals surface area contributed by atoms with E-state index >= 15 is 0 Å². The molecule has 0 aliphatic heterocycles. The lowest BCUT2D eigenvalue weighted by atomic mass is 10.2. The van der Waals surface area contributed by atoms with Gasteiger partial charge in [0.1, 0.15) is 11.4 Å². The molecule has 0 aliphatic carbocycles. The van der Waals surface area contributed by atoms with Crippen LogP contribution in [0, 0.1) is 5.82 Å². The molecular formula is C12H8F4N2O2. The Morgan fingerprint density at radius 2 is 2.05 bits per heavy atom. The van der Waals surface area contributed by atoms with Gasteiger partial charge in [0.2, 0.25) is 0 Å². The highest BCUT2D eigenvalue weighted by Crippen LogP contribution is 2.32. The van der Waals surface area contributed by atoms with Gasteiger partial charge < -0.3 is 5.11 Å². The number of aromatic carboxylic acids is 1. The Kier molecular flexibility index (Phi) is 3.47. The summed E-state index contributed by atoms with van der Waals surface area (Å²) >= 11 is 0. The summed E-state index contributed by atoms with van der Waals surface area (Å²) < 4.78 is 52.1. The summed E-state index contributed by atoms with van der Waals surface area (Å²) in [7, 11) is 0. The summed E-state index contributed by atoms with van der Waals surface area (Å²) in [5.41, 5.74) is -2.06. The van der Waals surface area contributed by atoms with E-state index in [4.69, 9.17) is 5.11 Å². The zero-order valence-electron chi connectivity index (χ0n) is 9.86. The summed E-state index contributed by atoms with van der Waals surface area (Å²) in [6.45, 7) is -0.375. The Hall–Kier alpha value is -2.38. The standard InChI is InChI=1S/C12H8F4N2O2/c13-8-3-1-2-7(4-8)6-18-10(12(14,15)16)9(5-17-18)11(19)20/h1-5H,6H2,(H,19,20). The van der Waals surface area contributed by atoms with Crippen LogP contribution in [0.2, 0.25) is 0 Å². The lowest BCUT2D eigenvalue weighted by Crippen LogP contribution is -2.18. The summed E-state index contributed by atoms with van der Waals surface area (Å²) in [4.78, 5) is 10.8. The molecule has 106 valence electrons. The van der Waals surface area contributed by atoms with E-state index < -0.39 is 29.2 Å². The van der Waals surface area contributed by atoms with E-state index in [1.54, 1.807) is 0 Å². The molecule has 0 atom stereocenters. The first-order valence-corrected chi connectivity index (χ1v) is 5.40. The van der Waals surface area contributed by atoms with Crippen LogP contribution in [0.5, 0.6) is 0 Å². The fraction of sp³-hybridized carbons (Fsp3) is 0.167. The number of nitrogens with zero attached hydrogens (tertiary/aromatic N) is 2. The van der Waals surface area contributed by atoms with Crippen molar-refractivity contribution in [2.24, 2.45) is 0 Å². The van der Waals surface area contributed by atoms with E-state index in [1.165, 1.54) is 12.1 Å². The topological polar surface area (TPSA) is 55.1 Å². The van der Waals surface area contributed by atoms with Crippen LogP contribution in [-0.4, -0.2) is 20.9 Å². The molecule has 0 fully saturated rings. The van der Waals surface area contributed by atoms with Crippen molar-refractivity contribution in [3.05, 3.63) is 53.1 Å². The molecule has 0 amide bonds. The minimum atomic E-state index is -4.86. The molecule has 2 aromatic rings. The van der Waals surface area contributed by atoms with Crippen LogP contribution in [0.1, 0.15) is 21.6 Å². The minimum absolute atomic E-state index is 0.246. The van der Waals surface area contributed by atoms with E-state index in [1.807, 2.05) is 0 Å². The van der Waals surface area contributed by atoms with E-state index in [0.717, 1.165) is 12.1 Å². The predicted molar refractivity (Wildman–Crippen MR) is 59.7 cm³/mol. The molecule has 0 aliphatic rings. The maximum atomic E-state index is 13.0. The molecule has 0 saturated heterocycles. The molecule has 1 aromatic heterocycles. The van der Waals surface area contributed by atoms with Crippen molar-refractivity contribution in [1.29, 1.82) is 0 Å². The van der Waals surface area contributed by atoms with Gasteiger partial charge in [-0.1, -0.05) is 12.1 Å². The van der Waals surface area contributed by atoms with Crippen LogP contribution in [-0.2, 0) is 12.7 Å². The maximum absolute atomic E-state index is 13.0. The number of aromatic nitrogens is 2. The van der Waals surface area contributed by atoms with Crippen LogP contribution in [0.4, 0.5) is 17.6 Å². The first-order valence-electron chi connectivity index (χ1n) is 5.40. The average Bonchev–Trinajstić information content (AvgIpc) is 2.72. The molecular weight excluding hydrogens is 280 g/mol. The van der Waals surface area contributed by atoms with Crippen molar-refractivity contribution in [2.75, 3.05) is 0 Å². The minimum Gasteiger partial charge on any atom is -0.478 e. The van der Waals surface area contributed by atoms with Crippen molar-refractivity contribution < 1.29 is 27.5 Å². The van der Waals surface area contributed by atoms with Crippen LogP contribution >= 0.6 is 0 Å². The number of alkyl halides is 3. The predicted octanol–water partition coefficient (Wildman–Crippen LogP) is 2.79. The smallest absolute Gasteiger partial charge is 0.433 e. The van der Waals surface area contributed by atoms with Gasteiger partial charge in [-0.25, -0.2) is 9.18 Å². The van der Waals surface area contributed by atoms with Gasteiger partial charge in [0.25, 0.3) is 0 Å². The molecule has 8 heteroatoms. The number of hydrogen-bond donors (Lipinski definition) is 1. The first kappa shape index (κ1) is 14.0. The number of rotatable bonds is 3. The van der Waals surface area contributed by atoms with Gasteiger partial charge in [-0.2, -0.15) is 18.3 Å². The van der Waals surface area contributed by atoms with E-state index in [-0.39, 0.29) is 12.1 Å². The molecule has 0 radical (unpaired) electrons. The second-order valence-electron chi connectivity index (χ2n) is 4.00. The Morgan fingerprint density at radius 1 is 1.35 bits per heavy atom. The number of benzene rings is 1. The second-order valence-corrected chi connectivity index (χ2v) is 4.00. The summed E-state index contributed by atoms with van der Waals surface area (Å²) in [6.07, 6.45) is -4.23. The lowest BCUT2D eigenvalue weighted by Gasteiger charge is -2.11. The van der Waals surface area contributed by atoms with Gasteiger partial charge in [-0.3, -0.25) is 4.68 Å². The first-order chi connectivity index (χ1) is 9.29. The zero-order chi connectivity index (χ0) is 14.9. The number of carbonyl (C=O) groups is 1. The maximum Gasteiger partial charge on any atom is 0.433 e. The Bertz CT molecular complexity index is 649. The van der Waals surface area contributed by atoms with Gasteiger partial charge in [-0.05, 0) is 17.7 Å². The molecule has 0 saturated carbocycles. The quantitative estimate of drug-likeness (QED) is 0.884. The largest absolute Gasteiger partial charge is 0.478 e. The van der Waals surface area contributed by atoms with Crippen molar-refractivity contribution in [1.82, 2.24) is 9.78 Å². The molecule has 1 N–H and O–H groups in total. The van der Waals surface area contributed by atoms with Gasteiger partial charge in [-0.15, -0.1) is 0 Å². The molecule has 20 heavy (non-hydrogen) atoms. The van der Waals surface area contributed by atoms with Gasteiger partial charge >= 0.3 is 12.1 Å². The molecule has 0 unspecified atom stereocenters. The third kappa shape index (κ3) is 2.79. The van der Waals surface area contributed by atoms with Gasteiger partial charge in [0.05, 0.1) is 12.7 Å². The van der Waals surface area contributed by atoms with Gasteiger partial charge in [0.15, 0.2) is 5.69 Å². The molecule has 0 spiro atoms. The van der Waals surface area contributed by atoms with Crippen molar-refractivity contribution >= 4 is 5.97 Å². The third-order valence-corrected chi connectivity index (χ3v) is 2.56. The number of carboxylic acid groups (broad SMARTS) is 1. The Balaban J connectivity index is 2.45. The lowest BCUT2D eigenvalue weighted by molar-refractivity contribution is -0.144. The monoisotopic (exact) mass is 288 g/mol. The van der Waals surface area contributed by atoms with E-state index in [9.17, 15) is 22.4 Å². The normalized spacial score (nSPS) is 11.6. The van der Waals surface area contributed by atoms with Crippen LogP contribution in [0.15, 0.2) is 30.5 Å². The molecule has 1 aromatic carbocycles. The number of hydrogen-bond acceptors (Lipinski definition) is 2. The highest BCUT2D eigenvalue weighted by Gasteiger charge is 2.40. The molecule has 1 heterocycles. The van der Waals surface area contributed by atoms with Crippen LogP contribution < -0.4 is 0 Å². The number of halogens is 4. The summed E-state index contributed by atoms with van der Waals surface area (Å²) in [6, 6.07) is 4.98. The van der Waals surface area contributed by atoms with Crippen molar-refractivity contribution in [2.45, 2.75) is 12.7 Å². The SMILES string of the molecule is O=C(O)c1cnn(Cc2cccc(F)c2)c1C(F)(F)F. The van der Waals surface area contributed by atoms with Crippen molar-refractivity contribution in [3.63, 3.8) is 0 Å². The fourth-order valence-electron chi connectivity index (χ4n) is 1.77.